The normalized spacial score (nSPS) is 13.2. The second kappa shape index (κ2) is 3.52. The molecule has 0 aliphatic carbocycles. The van der Waals surface area contributed by atoms with Crippen LogP contribution in [0.25, 0.3) is 0 Å². The van der Waals surface area contributed by atoms with Crippen LogP contribution in [-0.2, 0) is 14.1 Å². The molecule has 0 saturated carbocycles. The number of methoxy groups -OCH3 is 1. The largest absolute Gasteiger partial charge is 0.464 e. The van der Waals surface area contributed by atoms with Crippen molar-refractivity contribution in [2.24, 2.45) is 0 Å². The topological polar surface area (TPSA) is 63.6 Å². The Morgan fingerprint density at radius 2 is 2.38 bits per heavy atom. The van der Waals surface area contributed by atoms with Crippen molar-refractivity contribution in [3.05, 3.63) is 0 Å². The Balaban J connectivity index is 3.62. The van der Waals surface area contributed by atoms with E-state index < -0.39 is 20.3 Å². The van der Waals surface area contributed by atoms with E-state index in [0.29, 0.717) is 0 Å². The number of carbonyl (C=O) groups is 1. The Bertz CT molecular complexity index is 101. The van der Waals surface area contributed by atoms with Gasteiger partial charge in [-0.25, -0.2) is 4.79 Å². The molecule has 0 aliphatic heterocycles. The van der Waals surface area contributed by atoms with Crippen molar-refractivity contribution >= 4 is 14.4 Å². The highest BCUT2D eigenvalue weighted by Crippen LogP contribution is 2.02. The average molecular weight is 137 g/mol. The monoisotopic (exact) mass is 137 g/mol. The number of esters is 1. The van der Waals surface area contributed by atoms with Gasteiger partial charge >= 0.3 is 20.3 Å². The molecule has 0 saturated heterocycles. The molecule has 1 N–H and O–H groups in total. The molecule has 46 valence electrons. The fraction of sp³-hybridized carbons (Fsp3) is 0.667. The van der Waals surface area contributed by atoms with Crippen LogP contribution in [0.4, 0.5) is 0 Å². The van der Waals surface area contributed by atoms with E-state index in [4.69, 9.17) is 5.11 Å². The van der Waals surface area contributed by atoms with Gasteiger partial charge in [0, 0.05) is 0 Å². The summed E-state index contributed by atoms with van der Waals surface area (Å²) < 4.78 is 13.7. The third-order valence-electron chi connectivity index (χ3n) is 0.536. The molecule has 4 nitrogen and oxygen atoms in total. The zero-order valence-electron chi connectivity index (χ0n) is 4.25. The molecule has 0 heterocycles. The molecular weight excluding hydrogens is 131 g/mol. The summed E-state index contributed by atoms with van der Waals surface area (Å²) in [6.07, 6.45) is 0. The minimum atomic E-state index is -1.47. The first-order valence-electron chi connectivity index (χ1n) is 1.86. The minimum absolute atomic E-state index is 0.863. The van der Waals surface area contributed by atoms with Gasteiger partial charge in [0.25, 0.3) is 0 Å². The van der Waals surface area contributed by atoms with Crippen molar-refractivity contribution < 1.29 is 19.2 Å². The van der Waals surface area contributed by atoms with E-state index in [1.54, 1.807) is 0 Å². The molecule has 8 heavy (non-hydrogen) atoms. The lowest BCUT2D eigenvalue weighted by Crippen LogP contribution is -2.14. The maximum Gasteiger partial charge on any atom is 0.386 e. The van der Waals surface area contributed by atoms with Crippen LogP contribution >= 0.6 is 8.46 Å². The molecule has 0 aromatic carbocycles. The summed E-state index contributed by atoms with van der Waals surface area (Å²) in [4.78, 5) is 10.1. The van der Waals surface area contributed by atoms with Gasteiger partial charge < -0.3 is 9.84 Å². The molecule has 2 atom stereocenters. The molecule has 2 unspecified atom stereocenters. The third-order valence-corrected chi connectivity index (χ3v) is 0.995. The van der Waals surface area contributed by atoms with Gasteiger partial charge in [-0.3, -0.25) is 0 Å². The van der Waals surface area contributed by atoms with Crippen molar-refractivity contribution in [3.63, 3.8) is 0 Å². The highest BCUT2D eigenvalue weighted by Gasteiger charge is 2.21. The summed E-state index contributed by atoms with van der Waals surface area (Å²) in [6, 6.07) is 0. The maximum atomic E-state index is 10.1. The molecule has 0 aliphatic rings. The average Bonchev–Trinajstić information content (AvgIpc) is 1.84. The van der Waals surface area contributed by atoms with E-state index in [1.165, 1.54) is 0 Å². The van der Waals surface area contributed by atoms with Crippen molar-refractivity contribution in [2.75, 3.05) is 7.11 Å². The van der Waals surface area contributed by atoms with Crippen molar-refractivity contribution in [1.82, 2.24) is 0 Å². The number of aliphatic hydroxyl groups is 1. The van der Waals surface area contributed by atoms with E-state index in [2.05, 4.69) is 4.74 Å². The van der Waals surface area contributed by atoms with Gasteiger partial charge in [-0.05, 0) is 0 Å². The fourth-order valence-corrected chi connectivity index (χ4v) is 0.374. The molecule has 0 fully saturated rings. The Kier molecular flexibility index (Phi) is 3.31. The summed E-state index contributed by atoms with van der Waals surface area (Å²) in [6.45, 7) is 0. The molecule has 0 bridgehead atoms. The SMILES string of the molecule is COC(=O)C(O)[PH+]=O. The second-order valence-corrected chi connectivity index (χ2v) is 1.83. The van der Waals surface area contributed by atoms with Crippen LogP contribution in [0.2, 0.25) is 0 Å². The number of hydrogen-bond acceptors (Lipinski definition) is 4. The quantitative estimate of drug-likeness (QED) is 0.411. The summed E-state index contributed by atoms with van der Waals surface area (Å²) in [5, 5.41) is 8.35. The number of rotatable bonds is 2. The highest BCUT2D eigenvalue weighted by molar-refractivity contribution is 7.25. The molecule has 5 heteroatoms. The molecular formula is C3H6O4P+. The fourth-order valence-electron chi connectivity index (χ4n) is 0.160. The first-order chi connectivity index (χ1) is 3.72. The van der Waals surface area contributed by atoms with Gasteiger partial charge in [-0.1, -0.05) is 4.57 Å². The summed E-state index contributed by atoms with van der Waals surface area (Å²) in [7, 11) is 0.0665. The van der Waals surface area contributed by atoms with E-state index in [0.717, 1.165) is 7.11 Å². The van der Waals surface area contributed by atoms with Gasteiger partial charge in [-0.15, -0.1) is 0 Å². The second-order valence-electron chi connectivity index (χ2n) is 1.04. The molecule has 0 aromatic rings. The molecule has 0 radical (unpaired) electrons. The van der Waals surface area contributed by atoms with Gasteiger partial charge in [0.2, 0.25) is 0 Å². The van der Waals surface area contributed by atoms with Gasteiger partial charge in [0.15, 0.2) is 0 Å². The maximum absolute atomic E-state index is 10.1. The Labute approximate surface area is 47.7 Å². The molecule has 0 aromatic heterocycles. The Morgan fingerprint density at radius 1 is 1.88 bits per heavy atom. The summed E-state index contributed by atoms with van der Waals surface area (Å²) in [5.41, 5.74) is 0. The van der Waals surface area contributed by atoms with Crippen LogP contribution in [0.5, 0.6) is 0 Å². The lowest BCUT2D eigenvalue weighted by atomic mass is 10.7. The number of hydrogen-bond donors (Lipinski definition) is 1. The Morgan fingerprint density at radius 3 is 2.50 bits per heavy atom. The van der Waals surface area contributed by atoms with Crippen LogP contribution in [0.1, 0.15) is 0 Å². The predicted molar refractivity (Wildman–Crippen MR) is 27.0 cm³/mol. The Hall–Kier alpha value is -0.470. The number of ether oxygens (including phenoxy) is 1. The first-order valence-corrected chi connectivity index (χ1v) is 2.84. The van der Waals surface area contributed by atoms with Crippen LogP contribution in [0.15, 0.2) is 0 Å². The smallest absolute Gasteiger partial charge is 0.386 e. The standard InChI is InChI=1S/C3H5O4P/c1-7-2(4)3(5)8-6/h3,5H,1H3/p+1. The first kappa shape index (κ1) is 7.53. The number of carbonyl (C=O) groups excluding carboxylic acids is 1. The lowest BCUT2D eigenvalue weighted by molar-refractivity contribution is -0.145. The summed E-state index contributed by atoms with van der Waals surface area (Å²) >= 11 is 0. The van der Waals surface area contributed by atoms with Crippen LogP contribution in [0, 0.1) is 0 Å². The van der Waals surface area contributed by atoms with Crippen molar-refractivity contribution in [3.8, 4) is 0 Å². The van der Waals surface area contributed by atoms with Crippen molar-refractivity contribution in [1.29, 1.82) is 0 Å². The minimum Gasteiger partial charge on any atom is -0.464 e. The van der Waals surface area contributed by atoms with E-state index in [-0.39, 0.29) is 0 Å². The van der Waals surface area contributed by atoms with Gasteiger partial charge in [0.1, 0.15) is 0 Å². The van der Waals surface area contributed by atoms with Crippen LogP contribution in [-0.4, -0.2) is 24.0 Å². The van der Waals surface area contributed by atoms with E-state index >= 15 is 0 Å². The van der Waals surface area contributed by atoms with Gasteiger partial charge in [-0.2, -0.15) is 0 Å². The zero-order chi connectivity index (χ0) is 6.57. The molecule has 0 spiro atoms. The van der Waals surface area contributed by atoms with Crippen molar-refractivity contribution in [2.45, 2.75) is 5.85 Å². The third kappa shape index (κ3) is 2.00. The van der Waals surface area contributed by atoms with E-state index in [1.807, 2.05) is 0 Å². The van der Waals surface area contributed by atoms with Gasteiger partial charge in [0.05, 0.1) is 7.11 Å². The van der Waals surface area contributed by atoms with E-state index in [9.17, 15) is 9.36 Å². The predicted octanol–water partition coefficient (Wildman–Crippen LogP) is -0.498. The molecule has 0 amide bonds. The highest BCUT2D eigenvalue weighted by atomic mass is 31.1. The van der Waals surface area contributed by atoms with Crippen LogP contribution < -0.4 is 0 Å². The number of aliphatic hydroxyl groups excluding tert-OH is 1. The molecule has 0 rings (SSSR count). The summed E-state index contributed by atoms with van der Waals surface area (Å²) in [5.74, 6) is -2.33. The zero-order valence-corrected chi connectivity index (χ0v) is 5.25. The van der Waals surface area contributed by atoms with Crippen LogP contribution in [0.3, 0.4) is 0 Å². The lowest BCUT2D eigenvalue weighted by Gasteiger charge is -1.90.